The third-order valence-corrected chi connectivity index (χ3v) is 7.06. The van der Waals surface area contributed by atoms with Crippen molar-refractivity contribution >= 4 is 23.4 Å². The maximum Gasteiger partial charge on any atom is 0.335 e. The van der Waals surface area contributed by atoms with Crippen LogP contribution in [0, 0.1) is 13.8 Å². The van der Waals surface area contributed by atoms with E-state index in [9.17, 15) is 9.90 Å². The van der Waals surface area contributed by atoms with E-state index in [1.54, 1.807) is 23.9 Å². The molecule has 152 valence electrons. The molecule has 2 unspecified atom stereocenters. The van der Waals surface area contributed by atoms with E-state index in [4.69, 9.17) is 9.72 Å². The number of carbonyl (C=O) groups is 1. The number of aryl methyl sites for hydroxylation is 2. The summed E-state index contributed by atoms with van der Waals surface area (Å²) in [4.78, 5) is 19.6. The van der Waals surface area contributed by atoms with E-state index in [0.717, 1.165) is 39.7 Å². The summed E-state index contributed by atoms with van der Waals surface area (Å²) in [7, 11) is 0. The van der Waals surface area contributed by atoms with E-state index < -0.39 is 5.97 Å². The normalized spacial score (nSPS) is 19.7. The highest BCUT2D eigenvalue weighted by Crippen LogP contribution is 2.57. The molecule has 0 aliphatic carbocycles. The Morgan fingerprint density at radius 3 is 2.77 bits per heavy atom. The zero-order valence-electron chi connectivity index (χ0n) is 16.8. The molecule has 0 fully saturated rings. The van der Waals surface area contributed by atoms with Crippen molar-refractivity contribution in [3.63, 3.8) is 0 Å². The molecule has 5 nitrogen and oxygen atoms in total. The number of carboxylic acids is 1. The Bertz CT molecular complexity index is 1150. The van der Waals surface area contributed by atoms with Gasteiger partial charge in [0.2, 0.25) is 0 Å². The van der Waals surface area contributed by atoms with Gasteiger partial charge in [0.25, 0.3) is 0 Å². The molecule has 3 aromatic rings. The molecule has 2 aliphatic heterocycles. The van der Waals surface area contributed by atoms with E-state index in [1.165, 1.54) is 5.56 Å². The van der Waals surface area contributed by atoms with E-state index in [0.29, 0.717) is 12.2 Å². The highest BCUT2D eigenvalue weighted by Gasteiger charge is 2.39. The summed E-state index contributed by atoms with van der Waals surface area (Å²) < 4.78 is 5.91. The van der Waals surface area contributed by atoms with Crippen LogP contribution in [-0.2, 0) is 0 Å². The lowest BCUT2D eigenvalue weighted by Crippen LogP contribution is -2.33. The number of para-hydroxylation sites is 1. The largest absolute Gasteiger partial charge is 0.493 e. The van der Waals surface area contributed by atoms with Gasteiger partial charge in [-0.05, 0) is 44.2 Å². The number of anilines is 1. The molecule has 6 heteroatoms. The number of ether oxygens (including phenoxy) is 1. The molecule has 30 heavy (non-hydrogen) atoms. The highest BCUT2D eigenvalue weighted by molar-refractivity contribution is 8.00. The first kappa shape index (κ1) is 19.0. The summed E-state index contributed by atoms with van der Waals surface area (Å²) in [5, 5.41) is 9.49. The van der Waals surface area contributed by atoms with Gasteiger partial charge in [0.15, 0.2) is 0 Å². The Balaban J connectivity index is 1.66. The average Bonchev–Trinajstić information content (AvgIpc) is 3.11. The third kappa shape index (κ3) is 3.12. The standard InChI is InChI=1S/C24H22N2O3S/c1-14-7-9-17(15(2)25-14)23-26(19-11-12-29-21-6-4-3-5-18(19)21)20-10-8-16(24(27)28)13-22(20)30-23/h3-10,13,19,23H,11-12H2,1-2H3,(H,27,28). The Hall–Kier alpha value is -2.99. The molecule has 0 saturated heterocycles. The van der Waals surface area contributed by atoms with Crippen LogP contribution >= 0.6 is 11.8 Å². The summed E-state index contributed by atoms with van der Waals surface area (Å²) in [6.07, 6.45) is 0.868. The number of benzene rings is 2. The summed E-state index contributed by atoms with van der Waals surface area (Å²) in [6, 6.07) is 18.0. The Morgan fingerprint density at radius 1 is 1.13 bits per heavy atom. The Kier molecular flexibility index (Phi) is 4.66. The first-order valence-electron chi connectivity index (χ1n) is 10.0. The third-order valence-electron chi connectivity index (χ3n) is 5.77. The predicted octanol–water partition coefficient (Wildman–Crippen LogP) is 5.53. The first-order valence-corrected chi connectivity index (χ1v) is 10.9. The van der Waals surface area contributed by atoms with Crippen molar-refractivity contribution < 1.29 is 14.6 Å². The predicted molar refractivity (Wildman–Crippen MR) is 117 cm³/mol. The minimum absolute atomic E-state index is 0.0216. The van der Waals surface area contributed by atoms with E-state index in [-0.39, 0.29) is 11.4 Å². The van der Waals surface area contributed by atoms with Gasteiger partial charge in [-0.15, -0.1) is 0 Å². The van der Waals surface area contributed by atoms with Crippen LogP contribution in [0.2, 0.25) is 0 Å². The second kappa shape index (κ2) is 7.36. The van der Waals surface area contributed by atoms with Gasteiger partial charge in [0.05, 0.1) is 23.9 Å². The minimum atomic E-state index is -0.905. The van der Waals surface area contributed by atoms with Crippen molar-refractivity contribution in [1.29, 1.82) is 0 Å². The van der Waals surface area contributed by atoms with Gasteiger partial charge in [0, 0.05) is 33.8 Å². The van der Waals surface area contributed by atoms with Gasteiger partial charge in [-0.3, -0.25) is 4.98 Å². The van der Waals surface area contributed by atoms with E-state index in [1.807, 2.05) is 44.2 Å². The van der Waals surface area contributed by atoms with Crippen molar-refractivity contribution in [3.8, 4) is 5.75 Å². The number of thioether (sulfide) groups is 1. The van der Waals surface area contributed by atoms with Gasteiger partial charge < -0.3 is 14.7 Å². The second-order valence-electron chi connectivity index (χ2n) is 7.68. The van der Waals surface area contributed by atoms with Gasteiger partial charge in [-0.25, -0.2) is 4.79 Å². The SMILES string of the molecule is Cc1ccc(C2Sc3cc(C(=O)O)ccc3N2C2CCOc3ccccc32)c(C)n1. The molecule has 2 atom stereocenters. The molecule has 2 aromatic carbocycles. The number of nitrogens with zero attached hydrogens (tertiary/aromatic N) is 2. The summed E-state index contributed by atoms with van der Waals surface area (Å²) >= 11 is 1.70. The van der Waals surface area contributed by atoms with Crippen molar-refractivity contribution in [2.45, 2.75) is 36.6 Å². The average molecular weight is 419 g/mol. The fourth-order valence-corrected chi connectivity index (χ4v) is 5.85. The van der Waals surface area contributed by atoms with Crippen LogP contribution in [-0.4, -0.2) is 22.7 Å². The van der Waals surface area contributed by atoms with Crippen LogP contribution < -0.4 is 9.64 Å². The fourth-order valence-electron chi connectivity index (χ4n) is 4.37. The number of aromatic carboxylic acids is 1. The molecule has 1 N–H and O–H groups in total. The lowest BCUT2D eigenvalue weighted by atomic mass is 9.97. The number of carboxylic acid groups (broad SMARTS) is 1. The number of pyridine rings is 1. The van der Waals surface area contributed by atoms with Gasteiger partial charge in [-0.1, -0.05) is 36.0 Å². The molecule has 0 radical (unpaired) electrons. The number of fused-ring (bicyclic) bond motifs is 2. The quantitative estimate of drug-likeness (QED) is 0.603. The number of hydrogen-bond donors (Lipinski definition) is 1. The van der Waals surface area contributed by atoms with Gasteiger partial charge in [-0.2, -0.15) is 0 Å². The van der Waals surface area contributed by atoms with Crippen molar-refractivity contribution in [2.24, 2.45) is 0 Å². The molecule has 1 aromatic heterocycles. The zero-order chi connectivity index (χ0) is 20.8. The van der Waals surface area contributed by atoms with Gasteiger partial charge in [0.1, 0.15) is 11.1 Å². The van der Waals surface area contributed by atoms with Crippen LogP contribution in [0.5, 0.6) is 5.75 Å². The van der Waals surface area contributed by atoms with E-state index >= 15 is 0 Å². The Labute approximate surface area is 179 Å². The van der Waals surface area contributed by atoms with Crippen LogP contribution in [0.1, 0.15) is 50.7 Å². The Morgan fingerprint density at radius 2 is 1.97 bits per heavy atom. The second-order valence-corrected chi connectivity index (χ2v) is 8.81. The summed E-state index contributed by atoms with van der Waals surface area (Å²) in [5.41, 5.74) is 5.70. The molecule has 0 saturated carbocycles. The maximum atomic E-state index is 11.5. The number of rotatable bonds is 3. The summed E-state index contributed by atoms with van der Waals surface area (Å²) in [5.74, 6) is 0.0184. The van der Waals surface area contributed by atoms with Crippen LogP contribution in [0.15, 0.2) is 59.5 Å². The summed E-state index contributed by atoms with van der Waals surface area (Å²) in [6.45, 7) is 4.70. The van der Waals surface area contributed by atoms with Crippen LogP contribution in [0.25, 0.3) is 0 Å². The van der Waals surface area contributed by atoms with Crippen molar-refractivity contribution in [3.05, 3.63) is 82.7 Å². The molecule has 2 aliphatic rings. The monoisotopic (exact) mass is 418 g/mol. The minimum Gasteiger partial charge on any atom is -0.493 e. The number of aromatic nitrogens is 1. The highest BCUT2D eigenvalue weighted by atomic mass is 32.2. The van der Waals surface area contributed by atoms with Crippen molar-refractivity contribution in [2.75, 3.05) is 11.5 Å². The van der Waals surface area contributed by atoms with E-state index in [2.05, 4.69) is 17.0 Å². The lowest BCUT2D eigenvalue weighted by Gasteiger charge is -2.38. The lowest BCUT2D eigenvalue weighted by molar-refractivity contribution is 0.0696. The van der Waals surface area contributed by atoms with Crippen LogP contribution in [0.4, 0.5) is 5.69 Å². The zero-order valence-corrected chi connectivity index (χ0v) is 17.6. The topological polar surface area (TPSA) is 62.7 Å². The molecule has 3 heterocycles. The van der Waals surface area contributed by atoms with Crippen LogP contribution in [0.3, 0.4) is 0 Å². The smallest absolute Gasteiger partial charge is 0.335 e. The molecule has 5 rings (SSSR count). The molecular weight excluding hydrogens is 396 g/mol. The van der Waals surface area contributed by atoms with Crippen molar-refractivity contribution in [1.82, 2.24) is 4.98 Å². The number of hydrogen-bond acceptors (Lipinski definition) is 5. The first-order chi connectivity index (χ1) is 14.5. The molecule has 0 spiro atoms. The molecular formula is C24H22N2O3S. The fraction of sp³-hybridized carbons (Fsp3) is 0.250. The maximum absolute atomic E-state index is 11.5. The molecule has 0 bridgehead atoms. The molecule has 0 amide bonds. The van der Waals surface area contributed by atoms with Gasteiger partial charge >= 0.3 is 5.97 Å².